The van der Waals surface area contributed by atoms with Crippen LogP contribution in [-0.4, -0.2) is 41.0 Å². The summed E-state index contributed by atoms with van der Waals surface area (Å²) in [5, 5.41) is 2.91. The van der Waals surface area contributed by atoms with Gasteiger partial charge in [0.1, 0.15) is 6.04 Å². The van der Waals surface area contributed by atoms with Gasteiger partial charge in [0.25, 0.3) is 0 Å². The summed E-state index contributed by atoms with van der Waals surface area (Å²) in [6.45, 7) is 0.219. The van der Waals surface area contributed by atoms with E-state index in [2.05, 4.69) is 11.2 Å². The molecule has 6 nitrogen and oxygen atoms in total. The van der Waals surface area contributed by atoms with Gasteiger partial charge in [0.05, 0.1) is 35.0 Å². The normalized spacial score (nSPS) is 11.2. The maximum absolute atomic E-state index is 11.9. The monoisotopic (exact) mass is 293 g/mol. The maximum Gasteiger partial charge on any atom is 0.327 e. The number of rotatable bonds is 7. The van der Waals surface area contributed by atoms with Crippen molar-refractivity contribution in [1.29, 1.82) is 0 Å². The fourth-order valence-electron chi connectivity index (χ4n) is 1.88. The number of terminal acetylenes is 1. The van der Waals surface area contributed by atoms with Gasteiger partial charge in [-0.15, -0.1) is 6.42 Å². The summed E-state index contributed by atoms with van der Waals surface area (Å²) < 4.78 is 20.6. The molecular formula is C15H19NO5. The van der Waals surface area contributed by atoms with Crippen LogP contribution < -0.4 is 19.5 Å². The lowest BCUT2D eigenvalue weighted by atomic mass is 10.1. The zero-order chi connectivity index (χ0) is 15.8. The Morgan fingerprint density at radius 3 is 2.14 bits per heavy atom. The second-order valence-electron chi connectivity index (χ2n) is 4.00. The second kappa shape index (κ2) is 8.02. The van der Waals surface area contributed by atoms with Crippen LogP contribution in [0.1, 0.15) is 11.6 Å². The standard InChI is InChI=1S/C15H19NO5/c1-6-7-16-13(15(17)21-5)10-8-11(18-2)14(20-4)12(9-10)19-3/h1,8-9,13,16H,7H2,2-5H3. The minimum Gasteiger partial charge on any atom is -0.493 e. The zero-order valence-corrected chi connectivity index (χ0v) is 12.6. The number of esters is 1. The summed E-state index contributed by atoms with van der Waals surface area (Å²) >= 11 is 0. The Kier molecular flexibility index (Phi) is 6.37. The van der Waals surface area contributed by atoms with Crippen LogP contribution in [0.2, 0.25) is 0 Å². The Morgan fingerprint density at radius 1 is 1.19 bits per heavy atom. The molecule has 0 saturated carbocycles. The summed E-state index contributed by atoms with van der Waals surface area (Å²) in [4.78, 5) is 11.9. The van der Waals surface area contributed by atoms with E-state index in [9.17, 15) is 4.79 Å². The Labute approximate surface area is 124 Å². The van der Waals surface area contributed by atoms with Gasteiger partial charge in [-0.05, 0) is 17.7 Å². The lowest BCUT2D eigenvalue weighted by Gasteiger charge is -2.19. The van der Waals surface area contributed by atoms with Gasteiger partial charge >= 0.3 is 5.97 Å². The predicted molar refractivity (Wildman–Crippen MR) is 77.7 cm³/mol. The molecular weight excluding hydrogens is 274 g/mol. The van der Waals surface area contributed by atoms with Crippen LogP contribution in [0.5, 0.6) is 17.2 Å². The molecule has 1 aromatic carbocycles. The van der Waals surface area contributed by atoms with Gasteiger partial charge in [0.2, 0.25) is 5.75 Å². The Bertz CT molecular complexity index is 510. The van der Waals surface area contributed by atoms with Crippen molar-refractivity contribution in [3.8, 4) is 29.6 Å². The van der Waals surface area contributed by atoms with Gasteiger partial charge in [-0.3, -0.25) is 5.32 Å². The number of nitrogens with one attached hydrogen (secondary N) is 1. The van der Waals surface area contributed by atoms with Gasteiger partial charge in [-0.1, -0.05) is 5.92 Å². The van der Waals surface area contributed by atoms with E-state index >= 15 is 0 Å². The lowest BCUT2D eigenvalue weighted by molar-refractivity contribution is -0.143. The van der Waals surface area contributed by atoms with E-state index in [1.54, 1.807) is 12.1 Å². The summed E-state index contributed by atoms with van der Waals surface area (Å²) in [6, 6.07) is 2.62. The molecule has 0 radical (unpaired) electrons. The molecule has 1 N–H and O–H groups in total. The first-order valence-corrected chi connectivity index (χ1v) is 6.17. The van der Waals surface area contributed by atoms with Crippen LogP contribution >= 0.6 is 0 Å². The van der Waals surface area contributed by atoms with Crippen LogP contribution in [-0.2, 0) is 9.53 Å². The third kappa shape index (κ3) is 3.80. The molecule has 0 heterocycles. The molecule has 6 heteroatoms. The van der Waals surface area contributed by atoms with Crippen LogP contribution in [0.25, 0.3) is 0 Å². The van der Waals surface area contributed by atoms with Crippen LogP contribution in [0.15, 0.2) is 12.1 Å². The highest BCUT2D eigenvalue weighted by molar-refractivity contribution is 5.78. The largest absolute Gasteiger partial charge is 0.493 e. The third-order valence-corrected chi connectivity index (χ3v) is 2.87. The maximum atomic E-state index is 11.9. The molecule has 114 valence electrons. The first-order valence-electron chi connectivity index (χ1n) is 6.17. The van der Waals surface area contributed by atoms with Crippen molar-refractivity contribution in [3.63, 3.8) is 0 Å². The first-order chi connectivity index (χ1) is 10.1. The van der Waals surface area contributed by atoms with Crippen molar-refractivity contribution in [2.45, 2.75) is 6.04 Å². The van der Waals surface area contributed by atoms with Crippen molar-refractivity contribution in [3.05, 3.63) is 17.7 Å². The molecule has 0 aromatic heterocycles. The molecule has 1 unspecified atom stereocenters. The van der Waals surface area contributed by atoms with E-state index in [0.717, 1.165) is 0 Å². The van der Waals surface area contributed by atoms with Crippen molar-refractivity contribution in [2.24, 2.45) is 0 Å². The highest BCUT2D eigenvalue weighted by Crippen LogP contribution is 2.39. The number of benzene rings is 1. The molecule has 0 aliphatic heterocycles. The Hall–Kier alpha value is -2.39. The molecule has 0 saturated heterocycles. The van der Waals surface area contributed by atoms with Crippen LogP contribution in [0.3, 0.4) is 0 Å². The smallest absolute Gasteiger partial charge is 0.327 e. The fraction of sp³-hybridized carbons (Fsp3) is 0.400. The van der Waals surface area contributed by atoms with Crippen molar-refractivity contribution >= 4 is 5.97 Å². The molecule has 0 aliphatic carbocycles. The van der Waals surface area contributed by atoms with E-state index in [0.29, 0.717) is 22.8 Å². The van der Waals surface area contributed by atoms with Crippen molar-refractivity contribution in [1.82, 2.24) is 5.32 Å². The Balaban J connectivity index is 3.31. The Morgan fingerprint density at radius 2 is 1.76 bits per heavy atom. The topological polar surface area (TPSA) is 66.0 Å². The molecule has 0 bridgehead atoms. The minimum atomic E-state index is -0.722. The van der Waals surface area contributed by atoms with Crippen molar-refractivity contribution < 1.29 is 23.7 Å². The van der Waals surface area contributed by atoms with Gasteiger partial charge in [0.15, 0.2) is 11.5 Å². The summed E-state index contributed by atoms with van der Waals surface area (Å²) in [6.07, 6.45) is 5.22. The molecule has 0 amide bonds. The third-order valence-electron chi connectivity index (χ3n) is 2.87. The number of hydrogen-bond donors (Lipinski definition) is 1. The summed E-state index contributed by atoms with van der Waals surface area (Å²) in [5.74, 6) is 3.31. The quantitative estimate of drug-likeness (QED) is 0.601. The molecule has 1 atom stereocenters. The molecule has 1 aromatic rings. The molecule has 0 fully saturated rings. The van der Waals surface area contributed by atoms with Gasteiger partial charge in [-0.25, -0.2) is 4.79 Å². The molecule has 0 aliphatic rings. The van der Waals surface area contributed by atoms with E-state index in [4.69, 9.17) is 25.4 Å². The molecule has 0 spiro atoms. The SMILES string of the molecule is C#CCNC(C(=O)OC)c1cc(OC)c(OC)c(OC)c1. The number of carbonyl (C=O) groups is 1. The van der Waals surface area contributed by atoms with E-state index < -0.39 is 12.0 Å². The minimum absolute atomic E-state index is 0.219. The average Bonchev–Trinajstić information content (AvgIpc) is 2.53. The number of carbonyl (C=O) groups excluding carboxylic acids is 1. The highest BCUT2D eigenvalue weighted by atomic mass is 16.5. The lowest BCUT2D eigenvalue weighted by Crippen LogP contribution is -2.30. The van der Waals surface area contributed by atoms with E-state index in [-0.39, 0.29) is 6.54 Å². The summed E-state index contributed by atoms with van der Waals surface area (Å²) in [7, 11) is 5.82. The average molecular weight is 293 g/mol. The molecule has 21 heavy (non-hydrogen) atoms. The van der Waals surface area contributed by atoms with Gasteiger partial charge in [-0.2, -0.15) is 0 Å². The number of hydrogen-bond acceptors (Lipinski definition) is 6. The number of ether oxygens (including phenoxy) is 4. The zero-order valence-electron chi connectivity index (χ0n) is 12.6. The van der Waals surface area contributed by atoms with E-state index in [1.165, 1.54) is 28.4 Å². The number of methoxy groups -OCH3 is 4. The van der Waals surface area contributed by atoms with Gasteiger partial charge in [0, 0.05) is 0 Å². The predicted octanol–water partition coefficient (Wildman–Crippen LogP) is 1.15. The second-order valence-corrected chi connectivity index (χ2v) is 4.00. The first kappa shape index (κ1) is 16.7. The summed E-state index contributed by atoms with van der Waals surface area (Å²) in [5.41, 5.74) is 0.603. The van der Waals surface area contributed by atoms with Crippen LogP contribution in [0, 0.1) is 12.3 Å². The van der Waals surface area contributed by atoms with E-state index in [1.807, 2.05) is 0 Å². The van der Waals surface area contributed by atoms with Gasteiger partial charge < -0.3 is 18.9 Å². The fourth-order valence-corrected chi connectivity index (χ4v) is 1.88. The van der Waals surface area contributed by atoms with Crippen molar-refractivity contribution in [2.75, 3.05) is 35.0 Å². The molecule has 1 rings (SSSR count). The van der Waals surface area contributed by atoms with Crippen LogP contribution in [0.4, 0.5) is 0 Å². The highest BCUT2D eigenvalue weighted by Gasteiger charge is 2.24.